The van der Waals surface area contributed by atoms with Crippen LogP contribution in [0.5, 0.6) is 5.75 Å². The molecule has 0 amide bonds. The summed E-state index contributed by atoms with van der Waals surface area (Å²) in [7, 11) is 0. The molecular weight excluding hydrogens is 306 g/mol. The summed E-state index contributed by atoms with van der Waals surface area (Å²) in [5.74, 6) is 0.270. The highest BCUT2D eigenvalue weighted by molar-refractivity contribution is 6.06. The SMILES string of the molecule is N#Cc1ccc(-c2c(-c3ccccc3)cc(O)c3ccccc23)cc1. The Bertz CT molecular complexity index is 1090. The zero-order chi connectivity index (χ0) is 17.2. The molecule has 0 aromatic heterocycles. The molecule has 118 valence electrons. The quantitative estimate of drug-likeness (QED) is 0.511. The molecule has 0 fully saturated rings. The van der Waals surface area contributed by atoms with Crippen molar-refractivity contribution in [3.8, 4) is 34.1 Å². The largest absolute Gasteiger partial charge is 0.507 e. The van der Waals surface area contributed by atoms with E-state index < -0.39 is 0 Å². The van der Waals surface area contributed by atoms with Crippen LogP contribution in [0.1, 0.15) is 5.56 Å². The van der Waals surface area contributed by atoms with E-state index in [1.807, 2.05) is 84.9 Å². The van der Waals surface area contributed by atoms with E-state index >= 15 is 0 Å². The summed E-state index contributed by atoms with van der Waals surface area (Å²) in [6.45, 7) is 0. The summed E-state index contributed by atoms with van der Waals surface area (Å²) >= 11 is 0. The second-order valence-electron chi connectivity index (χ2n) is 5.92. The van der Waals surface area contributed by atoms with Crippen molar-refractivity contribution in [2.75, 3.05) is 0 Å². The van der Waals surface area contributed by atoms with Crippen molar-refractivity contribution in [2.45, 2.75) is 0 Å². The van der Waals surface area contributed by atoms with Crippen LogP contribution in [0.25, 0.3) is 33.0 Å². The number of phenolic OH excluding ortho intramolecular Hbond substituents is 1. The van der Waals surface area contributed by atoms with Gasteiger partial charge in [0.25, 0.3) is 0 Å². The monoisotopic (exact) mass is 321 g/mol. The number of hydrogen-bond donors (Lipinski definition) is 1. The van der Waals surface area contributed by atoms with E-state index in [-0.39, 0.29) is 5.75 Å². The molecule has 4 aromatic carbocycles. The lowest BCUT2D eigenvalue weighted by Crippen LogP contribution is -1.89. The van der Waals surface area contributed by atoms with E-state index in [4.69, 9.17) is 5.26 Å². The minimum Gasteiger partial charge on any atom is -0.507 e. The smallest absolute Gasteiger partial charge is 0.124 e. The van der Waals surface area contributed by atoms with Crippen LogP contribution in [0.3, 0.4) is 0 Å². The summed E-state index contributed by atoms with van der Waals surface area (Å²) in [5, 5.41) is 21.4. The number of fused-ring (bicyclic) bond motifs is 1. The van der Waals surface area contributed by atoms with Gasteiger partial charge < -0.3 is 5.11 Å². The van der Waals surface area contributed by atoms with Crippen molar-refractivity contribution in [3.63, 3.8) is 0 Å². The summed E-state index contributed by atoms with van der Waals surface area (Å²) in [5.41, 5.74) is 4.73. The van der Waals surface area contributed by atoms with Gasteiger partial charge in [-0.3, -0.25) is 0 Å². The fourth-order valence-electron chi connectivity index (χ4n) is 3.22. The Morgan fingerprint density at radius 3 is 2.00 bits per heavy atom. The average molecular weight is 321 g/mol. The molecule has 2 heteroatoms. The van der Waals surface area contributed by atoms with Crippen molar-refractivity contribution in [2.24, 2.45) is 0 Å². The normalized spacial score (nSPS) is 10.5. The molecule has 0 heterocycles. The Hall–Kier alpha value is -3.57. The third kappa shape index (κ3) is 2.62. The highest BCUT2D eigenvalue weighted by Crippen LogP contribution is 2.42. The fraction of sp³-hybridized carbons (Fsp3) is 0. The molecule has 0 saturated heterocycles. The van der Waals surface area contributed by atoms with Crippen LogP contribution < -0.4 is 0 Å². The van der Waals surface area contributed by atoms with Crippen LogP contribution in [-0.4, -0.2) is 5.11 Å². The summed E-state index contributed by atoms with van der Waals surface area (Å²) < 4.78 is 0. The Labute approximate surface area is 146 Å². The van der Waals surface area contributed by atoms with Gasteiger partial charge in [-0.25, -0.2) is 0 Å². The molecular formula is C23H15NO. The van der Waals surface area contributed by atoms with Crippen LogP contribution >= 0.6 is 0 Å². The van der Waals surface area contributed by atoms with Gasteiger partial charge in [0.2, 0.25) is 0 Å². The van der Waals surface area contributed by atoms with E-state index in [1.54, 1.807) is 0 Å². The van der Waals surface area contributed by atoms with Crippen molar-refractivity contribution >= 4 is 10.8 Å². The summed E-state index contributed by atoms with van der Waals surface area (Å²) in [4.78, 5) is 0. The molecule has 4 rings (SSSR count). The maximum absolute atomic E-state index is 10.5. The second kappa shape index (κ2) is 6.14. The van der Waals surface area contributed by atoms with Crippen molar-refractivity contribution in [1.82, 2.24) is 0 Å². The van der Waals surface area contributed by atoms with Crippen LogP contribution in [0.4, 0.5) is 0 Å². The van der Waals surface area contributed by atoms with E-state index in [9.17, 15) is 5.11 Å². The van der Waals surface area contributed by atoms with Crippen LogP contribution in [0.2, 0.25) is 0 Å². The highest BCUT2D eigenvalue weighted by Gasteiger charge is 2.14. The second-order valence-corrected chi connectivity index (χ2v) is 5.92. The number of rotatable bonds is 2. The van der Waals surface area contributed by atoms with Gasteiger partial charge in [0.1, 0.15) is 5.75 Å². The third-order valence-electron chi connectivity index (χ3n) is 4.41. The molecule has 0 aliphatic carbocycles. The molecule has 0 aliphatic heterocycles. The van der Waals surface area contributed by atoms with Gasteiger partial charge in [0.15, 0.2) is 0 Å². The number of nitrogens with zero attached hydrogens (tertiary/aromatic N) is 1. The minimum absolute atomic E-state index is 0.270. The molecule has 0 bridgehead atoms. The Morgan fingerprint density at radius 1 is 0.680 bits per heavy atom. The molecule has 0 spiro atoms. The molecule has 0 aliphatic rings. The first-order chi connectivity index (χ1) is 12.3. The van der Waals surface area contributed by atoms with Crippen molar-refractivity contribution in [1.29, 1.82) is 5.26 Å². The fourth-order valence-corrected chi connectivity index (χ4v) is 3.22. The van der Waals surface area contributed by atoms with Crippen LogP contribution in [0.15, 0.2) is 84.9 Å². The maximum atomic E-state index is 10.5. The highest BCUT2D eigenvalue weighted by atomic mass is 16.3. The lowest BCUT2D eigenvalue weighted by molar-refractivity contribution is 0.482. The lowest BCUT2D eigenvalue weighted by Gasteiger charge is -2.15. The first kappa shape index (κ1) is 15.0. The molecule has 4 aromatic rings. The predicted molar refractivity (Wildman–Crippen MR) is 101 cm³/mol. The van der Waals surface area contributed by atoms with Gasteiger partial charge >= 0.3 is 0 Å². The molecule has 25 heavy (non-hydrogen) atoms. The summed E-state index contributed by atoms with van der Waals surface area (Å²) in [6, 6.07) is 29.4. The molecule has 1 N–H and O–H groups in total. The Morgan fingerprint density at radius 2 is 1.32 bits per heavy atom. The average Bonchev–Trinajstić information content (AvgIpc) is 2.69. The van der Waals surface area contributed by atoms with Gasteiger partial charge in [-0.15, -0.1) is 0 Å². The van der Waals surface area contributed by atoms with Gasteiger partial charge in [-0.2, -0.15) is 5.26 Å². The predicted octanol–water partition coefficient (Wildman–Crippen LogP) is 5.75. The Balaban J connectivity index is 2.09. The standard InChI is InChI=1S/C23H15NO/c24-15-16-10-12-18(13-11-16)23-20-9-5-4-8-19(20)22(25)14-21(23)17-6-2-1-3-7-17/h1-14,25H. The topological polar surface area (TPSA) is 44.0 Å². The lowest BCUT2D eigenvalue weighted by atomic mass is 9.89. The first-order valence-corrected chi connectivity index (χ1v) is 8.08. The van der Waals surface area contributed by atoms with Gasteiger partial charge in [-0.05, 0) is 45.8 Å². The molecule has 0 unspecified atom stereocenters. The zero-order valence-electron chi connectivity index (χ0n) is 13.5. The Kier molecular flexibility index (Phi) is 3.68. The van der Waals surface area contributed by atoms with E-state index in [1.165, 1.54) is 0 Å². The number of phenols is 1. The van der Waals surface area contributed by atoms with Crippen molar-refractivity contribution < 1.29 is 5.11 Å². The number of hydrogen-bond acceptors (Lipinski definition) is 2. The van der Waals surface area contributed by atoms with E-state index in [0.29, 0.717) is 5.56 Å². The van der Waals surface area contributed by atoms with Gasteiger partial charge in [0, 0.05) is 5.39 Å². The van der Waals surface area contributed by atoms with E-state index in [0.717, 1.165) is 33.0 Å². The molecule has 0 saturated carbocycles. The maximum Gasteiger partial charge on any atom is 0.124 e. The summed E-state index contributed by atoms with van der Waals surface area (Å²) in [6.07, 6.45) is 0. The molecule has 0 radical (unpaired) electrons. The van der Waals surface area contributed by atoms with Gasteiger partial charge in [-0.1, -0.05) is 66.7 Å². The van der Waals surface area contributed by atoms with Crippen LogP contribution in [0, 0.1) is 11.3 Å². The molecule has 0 atom stereocenters. The van der Waals surface area contributed by atoms with Crippen molar-refractivity contribution in [3.05, 3.63) is 90.5 Å². The first-order valence-electron chi connectivity index (χ1n) is 8.08. The van der Waals surface area contributed by atoms with E-state index in [2.05, 4.69) is 6.07 Å². The minimum atomic E-state index is 0.270. The zero-order valence-corrected chi connectivity index (χ0v) is 13.5. The number of aromatic hydroxyl groups is 1. The molecule has 2 nitrogen and oxygen atoms in total. The van der Waals surface area contributed by atoms with Crippen LogP contribution in [-0.2, 0) is 0 Å². The van der Waals surface area contributed by atoms with Gasteiger partial charge in [0.05, 0.1) is 11.6 Å². The number of nitriles is 1. The third-order valence-corrected chi connectivity index (χ3v) is 4.41. The number of benzene rings is 4.